The second-order valence-electron chi connectivity index (χ2n) is 6.72. The summed E-state index contributed by atoms with van der Waals surface area (Å²) in [5.41, 5.74) is -0.143. The van der Waals surface area contributed by atoms with Crippen LogP contribution in [0.4, 0.5) is 0 Å². The molecule has 0 amide bonds. The highest BCUT2D eigenvalue weighted by Gasteiger charge is 2.13. The molecule has 0 atom stereocenters. The van der Waals surface area contributed by atoms with Gasteiger partial charge in [-0.05, 0) is 59.7 Å². The van der Waals surface area contributed by atoms with Crippen LogP contribution in [0.3, 0.4) is 0 Å². The van der Waals surface area contributed by atoms with E-state index in [-0.39, 0.29) is 0 Å². The molecule has 3 aromatic rings. The van der Waals surface area contributed by atoms with E-state index in [9.17, 15) is 19.2 Å². The van der Waals surface area contributed by atoms with Crippen molar-refractivity contribution in [3.63, 3.8) is 0 Å². The van der Waals surface area contributed by atoms with Crippen LogP contribution in [0.15, 0.2) is 42.5 Å². The summed E-state index contributed by atoms with van der Waals surface area (Å²) in [4.78, 5) is 56.2. The van der Waals surface area contributed by atoms with Gasteiger partial charge in [0, 0.05) is 0 Å². The number of aromatic carboxylic acids is 4. The molecule has 0 radical (unpaired) electrons. The minimum Gasteiger partial charge on any atom is -0.477 e. The van der Waals surface area contributed by atoms with Crippen molar-refractivity contribution in [2.75, 3.05) is 0 Å². The normalized spacial score (nSPS) is 11.1. The first kappa shape index (κ1) is 23.5. The number of pyridine rings is 3. The molecule has 170 valence electrons. The molecule has 11 heteroatoms. The number of hydrogen-bond donors (Lipinski definition) is 4. The van der Waals surface area contributed by atoms with Crippen molar-refractivity contribution < 1.29 is 39.6 Å². The minimum absolute atomic E-state index is 0.298. The molecule has 3 aromatic heterocycles. The highest BCUT2D eigenvalue weighted by atomic mass is 16.4. The molecule has 4 N–H and O–H groups in total. The van der Waals surface area contributed by atoms with Gasteiger partial charge in [-0.1, -0.05) is 18.2 Å². The Morgan fingerprint density at radius 1 is 0.529 bits per heavy atom. The predicted octanol–water partition coefficient (Wildman–Crippen LogP) is 3.01. The van der Waals surface area contributed by atoms with Crippen LogP contribution in [0.1, 0.15) is 64.5 Å². The quantitative estimate of drug-likeness (QED) is 0.386. The fraction of sp³-hybridized carbons (Fsp3) is 0. The van der Waals surface area contributed by atoms with Gasteiger partial charge >= 0.3 is 23.9 Å². The van der Waals surface area contributed by atoms with E-state index in [2.05, 4.69) is 15.0 Å². The van der Waals surface area contributed by atoms with Crippen LogP contribution in [0.25, 0.3) is 24.3 Å². The van der Waals surface area contributed by atoms with E-state index in [0.717, 1.165) is 0 Å². The Kier molecular flexibility index (Phi) is 6.87. The van der Waals surface area contributed by atoms with Gasteiger partial charge in [0.2, 0.25) is 0 Å². The van der Waals surface area contributed by atoms with E-state index in [1.807, 2.05) is 0 Å². The van der Waals surface area contributed by atoms with Crippen LogP contribution in [-0.2, 0) is 0 Å². The number of nitrogens with zero attached hydrogens (tertiary/aromatic N) is 3. The molecule has 3 heterocycles. The third-order valence-corrected chi connectivity index (χ3v) is 4.26. The maximum Gasteiger partial charge on any atom is 0.354 e. The maximum atomic E-state index is 11.2. The summed E-state index contributed by atoms with van der Waals surface area (Å²) in [5.74, 6) is -5.46. The smallest absolute Gasteiger partial charge is 0.354 e. The summed E-state index contributed by atoms with van der Waals surface area (Å²) in [7, 11) is 0. The Labute approximate surface area is 191 Å². The van der Waals surface area contributed by atoms with E-state index in [0.29, 0.717) is 22.5 Å². The first-order valence-corrected chi connectivity index (χ1v) is 9.43. The van der Waals surface area contributed by atoms with E-state index < -0.39 is 46.7 Å². The first-order chi connectivity index (χ1) is 16.1. The summed E-state index contributed by atoms with van der Waals surface area (Å²) < 4.78 is 0. The van der Waals surface area contributed by atoms with Crippen molar-refractivity contribution in [1.29, 1.82) is 0 Å². The van der Waals surface area contributed by atoms with Crippen LogP contribution in [0.5, 0.6) is 0 Å². The lowest BCUT2D eigenvalue weighted by molar-refractivity contribution is 0.0664. The van der Waals surface area contributed by atoms with Crippen molar-refractivity contribution in [2.24, 2.45) is 0 Å². The van der Waals surface area contributed by atoms with Crippen LogP contribution in [0.2, 0.25) is 0 Å². The number of rotatable bonds is 8. The Bertz CT molecular complexity index is 1210. The molecule has 0 aliphatic rings. The van der Waals surface area contributed by atoms with E-state index >= 15 is 0 Å². The van der Waals surface area contributed by atoms with E-state index in [1.165, 1.54) is 36.4 Å². The lowest BCUT2D eigenvalue weighted by Crippen LogP contribution is -2.07. The first-order valence-electron chi connectivity index (χ1n) is 9.43. The van der Waals surface area contributed by atoms with Crippen LogP contribution in [-0.4, -0.2) is 59.3 Å². The number of hydrogen-bond acceptors (Lipinski definition) is 7. The molecule has 0 aliphatic heterocycles. The third kappa shape index (κ3) is 5.95. The van der Waals surface area contributed by atoms with Gasteiger partial charge < -0.3 is 20.4 Å². The summed E-state index contributed by atoms with van der Waals surface area (Å²) >= 11 is 0. The zero-order valence-corrected chi connectivity index (χ0v) is 17.1. The Hall–Kier alpha value is -5.19. The van der Waals surface area contributed by atoms with Gasteiger partial charge in [-0.15, -0.1) is 0 Å². The lowest BCUT2D eigenvalue weighted by atomic mass is 10.1. The van der Waals surface area contributed by atoms with E-state index in [4.69, 9.17) is 20.4 Å². The SMILES string of the molecule is O=C(O)c1cc(/C=C/c2cccc(/C=C/c3cc(C(=O)O)nc(C(=O)O)c3)n2)cc(C(=O)O)n1. The number of carboxylic acids is 4. The Morgan fingerprint density at radius 3 is 1.15 bits per heavy atom. The van der Waals surface area contributed by atoms with Crippen molar-refractivity contribution in [2.45, 2.75) is 0 Å². The maximum absolute atomic E-state index is 11.2. The molecule has 0 aromatic carbocycles. The molecular weight excluding hydrogens is 446 g/mol. The molecule has 0 aliphatic carbocycles. The predicted molar refractivity (Wildman–Crippen MR) is 118 cm³/mol. The van der Waals surface area contributed by atoms with Crippen LogP contribution in [0, 0.1) is 0 Å². The summed E-state index contributed by atoms with van der Waals surface area (Å²) in [5, 5.41) is 36.5. The van der Waals surface area contributed by atoms with Crippen molar-refractivity contribution in [3.8, 4) is 0 Å². The van der Waals surface area contributed by atoms with Crippen LogP contribution < -0.4 is 0 Å². The Morgan fingerprint density at radius 2 is 0.853 bits per heavy atom. The van der Waals surface area contributed by atoms with Gasteiger partial charge in [0.05, 0.1) is 11.4 Å². The molecule has 0 saturated heterocycles. The molecule has 0 unspecified atom stereocenters. The van der Waals surface area contributed by atoms with Crippen LogP contribution >= 0.6 is 0 Å². The molecule has 3 rings (SSSR count). The Balaban J connectivity index is 1.88. The van der Waals surface area contributed by atoms with Gasteiger partial charge in [0.1, 0.15) is 22.8 Å². The molecular formula is C23H15N3O8. The fourth-order valence-electron chi connectivity index (χ4n) is 2.75. The zero-order chi connectivity index (χ0) is 24.8. The number of carboxylic acid groups (broad SMARTS) is 4. The fourth-order valence-corrected chi connectivity index (χ4v) is 2.75. The molecule has 0 bridgehead atoms. The van der Waals surface area contributed by atoms with Gasteiger partial charge in [-0.3, -0.25) is 0 Å². The number of aromatic nitrogens is 3. The van der Waals surface area contributed by atoms with Gasteiger partial charge in [-0.2, -0.15) is 0 Å². The average molecular weight is 461 g/mol. The highest BCUT2D eigenvalue weighted by molar-refractivity contribution is 5.92. The monoisotopic (exact) mass is 461 g/mol. The lowest BCUT2D eigenvalue weighted by Gasteiger charge is -2.02. The van der Waals surface area contributed by atoms with Gasteiger partial charge in [0.25, 0.3) is 0 Å². The summed E-state index contributed by atoms with van der Waals surface area (Å²) in [6, 6.07) is 9.88. The standard InChI is InChI=1S/C23H15N3O8/c27-20(28)16-8-12(9-17(25-16)21(29)30)4-6-14-2-1-3-15(24-14)7-5-13-10-18(22(31)32)26-19(11-13)23(33)34/h1-11H,(H,27,28)(H,29,30)(H,31,32)(H,33,34)/b6-4+,7-5+. The van der Waals surface area contributed by atoms with Crippen molar-refractivity contribution >= 4 is 48.2 Å². The largest absolute Gasteiger partial charge is 0.477 e. The third-order valence-electron chi connectivity index (χ3n) is 4.26. The minimum atomic E-state index is -1.36. The topological polar surface area (TPSA) is 188 Å². The highest BCUT2D eigenvalue weighted by Crippen LogP contribution is 2.14. The summed E-state index contributed by atoms with van der Waals surface area (Å²) in [6.45, 7) is 0. The molecule has 0 fully saturated rings. The van der Waals surface area contributed by atoms with Crippen molar-refractivity contribution in [3.05, 3.63) is 87.8 Å². The second-order valence-corrected chi connectivity index (χ2v) is 6.72. The van der Waals surface area contributed by atoms with Gasteiger partial charge in [0.15, 0.2) is 0 Å². The van der Waals surface area contributed by atoms with Gasteiger partial charge in [-0.25, -0.2) is 34.1 Å². The molecule has 0 saturated carbocycles. The average Bonchev–Trinajstić information content (AvgIpc) is 2.81. The molecule has 11 nitrogen and oxygen atoms in total. The molecule has 0 spiro atoms. The zero-order valence-electron chi connectivity index (χ0n) is 17.1. The number of carbonyl (C=O) groups is 4. The second kappa shape index (κ2) is 9.96. The van der Waals surface area contributed by atoms with E-state index in [1.54, 1.807) is 30.4 Å². The van der Waals surface area contributed by atoms with Crippen molar-refractivity contribution in [1.82, 2.24) is 15.0 Å². The molecule has 34 heavy (non-hydrogen) atoms. The summed E-state index contributed by atoms with van der Waals surface area (Å²) in [6.07, 6.45) is 6.05.